The Kier molecular flexibility index (Phi) is 3.55. The molecule has 0 saturated heterocycles. The topological polar surface area (TPSA) is 80.7 Å². The molecule has 0 saturated carbocycles. The molecular formula is C5H4O5. The van der Waals surface area contributed by atoms with Gasteiger partial charge in [0.2, 0.25) is 0 Å². The van der Waals surface area contributed by atoms with Crippen molar-refractivity contribution in [2.24, 2.45) is 0 Å². The second kappa shape index (κ2) is 4.25. The SMILES string of the molecule is O=COC(=O)/C=C\C(=O)O. The summed E-state index contributed by atoms with van der Waals surface area (Å²) in [6.45, 7) is -0.0749. The normalized spacial score (nSPS) is 9.20. The molecule has 0 aromatic carbocycles. The second-order valence-corrected chi connectivity index (χ2v) is 1.20. The van der Waals surface area contributed by atoms with Crippen LogP contribution in [0.3, 0.4) is 0 Å². The molecule has 54 valence electrons. The molecule has 0 radical (unpaired) electrons. The molecule has 0 unspecified atom stereocenters. The van der Waals surface area contributed by atoms with Crippen LogP contribution < -0.4 is 0 Å². The number of carbonyl (C=O) groups is 3. The molecule has 0 aliphatic heterocycles. The molecule has 0 fully saturated rings. The van der Waals surface area contributed by atoms with E-state index in [-0.39, 0.29) is 6.47 Å². The Balaban J connectivity index is 3.77. The van der Waals surface area contributed by atoms with Crippen LogP contribution in [-0.4, -0.2) is 23.5 Å². The molecule has 0 aliphatic carbocycles. The van der Waals surface area contributed by atoms with Crippen LogP contribution in [0, 0.1) is 0 Å². The Labute approximate surface area is 55.9 Å². The van der Waals surface area contributed by atoms with Crippen LogP contribution in [-0.2, 0) is 19.1 Å². The summed E-state index contributed by atoms with van der Waals surface area (Å²) in [7, 11) is 0. The average molecular weight is 144 g/mol. The van der Waals surface area contributed by atoms with Crippen LogP contribution in [0.5, 0.6) is 0 Å². The zero-order valence-electron chi connectivity index (χ0n) is 4.81. The van der Waals surface area contributed by atoms with Crippen LogP contribution in [0.2, 0.25) is 0 Å². The van der Waals surface area contributed by atoms with Crippen molar-refractivity contribution in [2.75, 3.05) is 0 Å². The minimum absolute atomic E-state index is 0.0749. The van der Waals surface area contributed by atoms with E-state index in [1.165, 1.54) is 0 Å². The largest absolute Gasteiger partial charge is 0.478 e. The number of rotatable bonds is 3. The molecule has 5 nitrogen and oxygen atoms in total. The van der Waals surface area contributed by atoms with E-state index in [0.29, 0.717) is 12.2 Å². The van der Waals surface area contributed by atoms with Gasteiger partial charge in [-0.2, -0.15) is 0 Å². The van der Waals surface area contributed by atoms with Gasteiger partial charge in [-0.1, -0.05) is 0 Å². The highest BCUT2D eigenvalue weighted by atomic mass is 16.6. The number of carbonyl (C=O) groups excluding carboxylic acids is 2. The van der Waals surface area contributed by atoms with Gasteiger partial charge in [0.25, 0.3) is 0 Å². The number of aliphatic carboxylic acids is 1. The molecule has 0 aromatic heterocycles. The standard InChI is InChI=1S/C5H4O5/c6-3-10-5(9)2-1-4(7)8/h1-3H,(H,7,8)/b2-1-. The summed E-state index contributed by atoms with van der Waals surface area (Å²) in [5.41, 5.74) is 0. The highest BCUT2D eigenvalue weighted by molar-refractivity contribution is 5.92. The van der Waals surface area contributed by atoms with Gasteiger partial charge in [-0.25, -0.2) is 9.59 Å². The van der Waals surface area contributed by atoms with Crippen molar-refractivity contribution in [1.29, 1.82) is 0 Å². The average Bonchev–Trinajstić information content (AvgIpc) is 1.85. The minimum Gasteiger partial charge on any atom is -0.478 e. The molecule has 0 aromatic rings. The molecule has 10 heavy (non-hydrogen) atoms. The lowest BCUT2D eigenvalue weighted by molar-refractivity contribution is -0.147. The summed E-state index contributed by atoms with van der Waals surface area (Å²) < 4.78 is 3.72. The Bertz CT molecular complexity index is 180. The maximum absolute atomic E-state index is 10.1. The first-order chi connectivity index (χ1) is 4.66. The number of ether oxygens (including phenoxy) is 1. The molecule has 0 atom stereocenters. The van der Waals surface area contributed by atoms with Gasteiger partial charge in [-0.15, -0.1) is 0 Å². The number of hydrogen-bond acceptors (Lipinski definition) is 4. The quantitative estimate of drug-likeness (QED) is 0.246. The number of carboxylic acid groups (broad SMARTS) is 1. The van der Waals surface area contributed by atoms with Crippen molar-refractivity contribution in [3.63, 3.8) is 0 Å². The van der Waals surface area contributed by atoms with Crippen molar-refractivity contribution in [3.8, 4) is 0 Å². The summed E-state index contributed by atoms with van der Waals surface area (Å²) in [5, 5.41) is 7.95. The maximum atomic E-state index is 10.1. The van der Waals surface area contributed by atoms with Gasteiger partial charge in [0.05, 0.1) is 0 Å². The third-order valence-electron chi connectivity index (χ3n) is 0.526. The molecule has 0 bridgehead atoms. The Morgan fingerprint density at radius 3 is 2.30 bits per heavy atom. The van der Waals surface area contributed by atoms with Gasteiger partial charge in [0, 0.05) is 12.2 Å². The zero-order chi connectivity index (χ0) is 7.98. The summed E-state index contributed by atoms with van der Waals surface area (Å²) >= 11 is 0. The first kappa shape index (κ1) is 8.35. The van der Waals surface area contributed by atoms with E-state index in [1.54, 1.807) is 0 Å². The molecule has 0 heterocycles. The van der Waals surface area contributed by atoms with Gasteiger partial charge < -0.3 is 9.84 Å². The molecular weight excluding hydrogens is 140 g/mol. The Morgan fingerprint density at radius 1 is 1.30 bits per heavy atom. The molecule has 1 N–H and O–H groups in total. The minimum atomic E-state index is -1.28. The van der Waals surface area contributed by atoms with Crippen LogP contribution in [0.25, 0.3) is 0 Å². The lowest BCUT2D eigenvalue weighted by Crippen LogP contribution is -1.99. The summed E-state index contributed by atoms with van der Waals surface area (Å²) in [6.07, 6.45) is 1.21. The van der Waals surface area contributed by atoms with Crippen molar-refractivity contribution in [1.82, 2.24) is 0 Å². The van der Waals surface area contributed by atoms with Gasteiger partial charge in [0.1, 0.15) is 0 Å². The maximum Gasteiger partial charge on any atom is 0.338 e. The van der Waals surface area contributed by atoms with E-state index in [1.807, 2.05) is 0 Å². The van der Waals surface area contributed by atoms with Crippen LogP contribution in [0.1, 0.15) is 0 Å². The van der Waals surface area contributed by atoms with Crippen LogP contribution in [0.15, 0.2) is 12.2 Å². The molecule has 0 amide bonds. The highest BCUT2D eigenvalue weighted by Crippen LogP contribution is 1.77. The van der Waals surface area contributed by atoms with Gasteiger partial charge in [0.15, 0.2) is 0 Å². The Hall–Kier alpha value is -1.65. The van der Waals surface area contributed by atoms with Crippen molar-refractivity contribution in [3.05, 3.63) is 12.2 Å². The van der Waals surface area contributed by atoms with E-state index in [0.717, 1.165) is 0 Å². The number of hydrogen-bond donors (Lipinski definition) is 1. The zero-order valence-corrected chi connectivity index (χ0v) is 4.81. The fraction of sp³-hybridized carbons (Fsp3) is 0. The highest BCUT2D eigenvalue weighted by Gasteiger charge is 1.94. The van der Waals surface area contributed by atoms with Crippen molar-refractivity contribution < 1.29 is 24.2 Å². The smallest absolute Gasteiger partial charge is 0.338 e. The molecule has 0 spiro atoms. The van der Waals surface area contributed by atoms with E-state index in [9.17, 15) is 14.4 Å². The molecule has 0 rings (SSSR count). The third-order valence-corrected chi connectivity index (χ3v) is 0.526. The van der Waals surface area contributed by atoms with E-state index >= 15 is 0 Å². The predicted molar refractivity (Wildman–Crippen MR) is 28.9 cm³/mol. The van der Waals surface area contributed by atoms with Crippen molar-refractivity contribution >= 4 is 18.4 Å². The Morgan fingerprint density at radius 2 is 1.90 bits per heavy atom. The fourth-order valence-corrected chi connectivity index (χ4v) is 0.226. The monoisotopic (exact) mass is 144 g/mol. The fourth-order valence-electron chi connectivity index (χ4n) is 0.226. The number of esters is 1. The van der Waals surface area contributed by atoms with Gasteiger partial charge in [-0.3, -0.25) is 4.79 Å². The summed E-state index contributed by atoms with van der Waals surface area (Å²) in [6, 6.07) is 0. The first-order valence-electron chi connectivity index (χ1n) is 2.22. The van der Waals surface area contributed by atoms with Gasteiger partial charge in [-0.05, 0) is 0 Å². The summed E-state index contributed by atoms with van der Waals surface area (Å²) in [5.74, 6) is -2.28. The second-order valence-electron chi connectivity index (χ2n) is 1.20. The molecule has 5 heteroatoms. The van der Waals surface area contributed by atoms with Crippen LogP contribution >= 0.6 is 0 Å². The third kappa shape index (κ3) is 4.51. The lowest BCUT2D eigenvalue weighted by atomic mass is 10.5. The molecule has 0 aliphatic rings. The number of carboxylic acids is 1. The van der Waals surface area contributed by atoms with E-state index in [4.69, 9.17) is 5.11 Å². The van der Waals surface area contributed by atoms with E-state index < -0.39 is 11.9 Å². The predicted octanol–water partition coefficient (Wildman–Crippen LogP) is -0.673. The van der Waals surface area contributed by atoms with Crippen LogP contribution in [0.4, 0.5) is 0 Å². The summed E-state index contributed by atoms with van der Waals surface area (Å²) in [4.78, 5) is 29.3. The lowest BCUT2D eigenvalue weighted by Gasteiger charge is -1.83. The van der Waals surface area contributed by atoms with Crippen molar-refractivity contribution in [2.45, 2.75) is 0 Å². The first-order valence-corrected chi connectivity index (χ1v) is 2.22. The van der Waals surface area contributed by atoms with E-state index in [2.05, 4.69) is 4.74 Å². The van der Waals surface area contributed by atoms with Gasteiger partial charge >= 0.3 is 18.4 Å².